The summed E-state index contributed by atoms with van der Waals surface area (Å²) in [6.07, 6.45) is 6.80. The first-order valence-corrected chi connectivity index (χ1v) is 13.1. The van der Waals surface area contributed by atoms with Gasteiger partial charge in [0.25, 0.3) is 0 Å². The second kappa shape index (κ2) is 9.13. The molecule has 5 heterocycles. The number of nitrogens with one attached hydrogen (secondary N) is 3. The van der Waals surface area contributed by atoms with Crippen LogP contribution in [0.15, 0.2) is 12.3 Å². The fourth-order valence-corrected chi connectivity index (χ4v) is 6.01. The SMILES string of the molecule is CC(C)c1cnn2c(NC3CC4(C3)CN(C(=O)OC3CCNC3)C4)cc(NC3CCOCC3)nc12. The lowest BCUT2D eigenvalue weighted by Gasteiger charge is -2.58. The van der Waals surface area contributed by atoms with Crippen molar-refractivity contribution in [1.82, 2.24) is 24.8 Å². The Bertz CT molecular complexity index is 1060. The van der Waals surface area contributed by atoms with Crippen LogP contribution < -0.4 is 16.0 Å². The predicted molar refractivity (Wildman–Crippen MR) is 133 cm³/mol. The summed E-state index contributed by atoms with van der Waals surface area (Å²) in [6.45, 7) is 9.24. The van der Waals surface area contributed by atoms with Gasteiger partial charge in [-0.2, -0.15) is 9.61 Å². The third-order valence-corrected chi connectivity index (χ3v) is 8.00. The molecule has 1 amide bonds. The minimum Gasteiger partial charge on any atom is -0.445 e. The standard InChI is InChI=1S/C25H37N7O3/c1-16(2)20-13-27-32-22(9-21(30-23(20)32)28-17-4-7-34-8-5-17)29-18-10-25(11-18)14-31(15-25)24(33)35-19-3-6-26-12-19/h9,13,16-19,26,29H,3-8,10-12,14-15H2,1-2H3,(H,28,30). The molecule has 2 aromatic rings. The van der Waals surface area contributed by atoms with Gasteiger partial charge in [-0.25, -0.2) is 9.78 Å². The molecule has 6 rings (SSSR count). The first kappa shape index (κ1) is 22.8. The van der Waals surface area contributed by atoms with Gasteiger partial charge < -0.3 is 30.3 Å². The van der Waals surface area contributed by atoms with Crippen molar-refractivity contribution in [2.45, 2.75) is 70.1 Å². The van der Waals surface area contributed by atoms with E-state index in [2.05, 4.69) is 41.0 Å². The van der Waals surface area contributed by atoms with Crippen LogP contribution in [0.1, 0.15) is 57.4 Å². The van der Waals surface area contributed by atoms with Crippen LogP contribution in [0.3, 0.4) is 0 Å². The normalized spacial score (nSPS) is 24.5. The highest BCUT2D eigenvalue weighted by Crippen LogP contribution is 2.49. The van der Waals surface area contributed by atoms with Crippen LogP contribution in [0.5, 0.6) is 0 Å². The fourth-order valence-electron chi connectivity index (χ4n) is 6.01. The van der Waals surface area contributed by atoms with E-state index in [9.17, 15) is 4.79 Å². The number of amides is 1. The summed E-state index contributed by atoms with van der Waals surface area (Å²) in [5.74, 6) is 2.21. The van der Waals surface area contributed by atoms with Crippen molar-refractivity contribution in [3.8, 4) is 0 Å². The van der Waals surface area contributed by atoms with Gasteiger partial charge in [0.15, 0.2) is 5.65 Å². The molecule has 3 N–H and O–H groups in total. The van der Waals surface area contributed by atoms with Gasteiger partial charge in [0.2, 0.25) is 0 Å². The lowest BCUT2D eigenvalue weighted by molar-refractivity contribution is -0.0642. The molecule has 10 nitrogen and oxygen atoms in total. The molecule has 3 saturated heterocycles. The van der Waals surface area contributed by atoms with Crippen molar-refractivity contribution < 1.29 is 14.3 Å². The molecule has 4 aliphatic rings. The number of aromatic nitrogens is 3. The summed E-state index contributed by atoms with van der Waals surface area (Å²) >= 11 is 0. The average Bonchev–Trinajstić information content (AvgIpc) is 3.45. The maximum Gasteiger partial charge on any atom is 0.410 e. The van der Waals surface area contributed by atoms with Crippen LogP contribution in [0.4, 0.5) is 16.4 Å². The van der Waals surface area contributed by atoms with E-state index >= 15 is 0 Å². The maximum absolute atomic E-state index is 12.4. The van der Waals surface area contributed by atoms with Crippen molar-refractivity contribution in [3.63, 3.8) is 0 Å². The smallest absolute Gasteiger partial charge is 0.410 e. The third kappa shape index (κ3) is 4.53. The molecule has 4 fully saturated rings. The Morgan fingerprint density at radius 2 is 2.00 bits per heavy atom. The topological polar surface area (TPSA) is 105 Å². The van der Waals surface area contributed by atoms with E-state index in [1.165, 1.54) is 0 Å². The zero-order valence-corrected chi connectivity index (χ0v) is 20.8. The molecule has 35 heavy (non-hydrogen) atoms. The first-order valence-electron chi connectivity index (χ1n) is 13.1. The van der Waals surface area contributed by atoms with Crippen LogP contribution in [0.2, 0.25) is 0 Å². The summed E-state index contributed by atoms with van der Waals surface area (Å²) in [4.78, 5) is 19.2. The van der Waals surface area contributed by atoms with E-state index in [1.54, 1.807) is 0 Å². The van der Waals surface area contributed by atoms with Gasteiger partial charge in [0.05, 0.1) is 6.20 Å². The second-order valence-corrected chi connectivity index (χ2v) is 11.2. The zero-order chi connectivity index (χ0) is 24.0. The van der Waals surface area contributed by atoms with Gasteiger partial charge in [-0.15, -0.1) is 0 Å². The Labute approximate surface area is 206 Å². The molecule has 0 bridgehead atoms. The fraction of sp³-hybridized carbons (Fsp3) is 0.720. The predicted octanol–water partition coefficient (Wildman–Crippen LogP) is 2.82. The van der Waals surface area contributed by atoms with Gasteiger partial charge in [0.1, 0.15) is 17.7 Å². The van der Waals surface area contributed by atoms with Crippen molar-refractivity contribution in [1.29, 1.82) is 0 Å². The highest BCUT2D eigenvalue weighted by molar-refractivity contribution is 5.69. The lowest BCUT2D eigenvalue weighted by atomic mass is 9.61. The maximum atomic E-state index is 12.4. The average molecular weight is 484 g/mol. The van der Waals surface area contributed by atoms with Gasteiger partial charge in [-0.05, 0) is 44.6 Å². The number of carbonyl (C=O) groups is 1. The van der Waals surface area contributed by atoms with E-state index in [0.717, 1.165) is 94.3 Å². The van der Waals surface area contributed by atoms with Crippen molar-refractivity contribution in [2.75, 3.05) is 50.0 Å². The highest BCUT2D eigenvalue weighted by Gasteiger charge is 2.54. The minimum atomic E-state index is -0.154. The van der Waals surface area contributed by atoms with Crippen molar-refractivity contribution >= 4 is 23.4 Å². The number of nitrogens with zero attached hydrogens (tertiary/aromatic N) is 4. The molecule has 190 valence electrons. The number of anilines is 2. The molecule has 2 aromatic heterocycles. The van der Waals surface area contributed by atoms with Gasteiger partial charge >= 0.3 is 6.09 Å². The largest absolute Gasteiger partial charge is 0.445 e. The molecule has 0 radical (unpaired) electrons. The third-order valence-electron chi connectivity index (χ3n) is 8.00. The number of rotatable bonds is 6. The molecule has 10 heteroatoms. The van der Waals surface area contributed by atoms with E-state index in [1.807, 2.05) is 15.6 Å². The van der Waals surface area contributed by atoms with Crippen LogP contribution in [0.25, 0.3) is 5.65 Å². The highest BCUT2D eigenvalue weighted by atomic mass is 16.6. The Morgan fingerprint density at radius 1 is 1.20 bits per heavy atom. The van der Waals surface area contributed by atoms with E-state index in [4.69, 9.17) is 14.5 Å². The summed E-state index contributed by atoms with van der Waals surface area (Å²) in [7, 11) is 0. The van der Waals surface area contributed by atoms with Crippen LogP contribution in [-0.4, -0.2) is 83.2 Å². The van der Waals surface area contributed by atoms with Crippen LogP contribution in [0, 0.1) is 5.41 Å². The summed E-state index contributed by atoms with van der Waals surface area (Å²) in [5.41, 5.74) is 2.29. The number of hydrogen-bond donors (Lipinski definition) is 3. The monoisotopic (exact) mass is 483 g/mol. The van der Waals surface area contributed by atoms with Crippen molar-refractivity contribution in [3.05, 3.63) is 17.8 Å². The summed E-state index contributed by atoms with van der Waals surface area (Å²) < 4.78 is 13.1. The molecule has 1 saturated carbocycles. The number of ether oxygens (including phenoxy) is 2. The molecular weight excluding hydrogens is 446 g/mol. The Balaban J connectivity index is 1.11. The lowest BCUT2D eigenvalue weighted by Crippen LogP contribution is -2.66. The number of carbonyl (C=O) groups excluding carboxylic acids is 1. The molecule has 3 aliphatic heterocycles. The Kier molecular flexibility index (Phi) is 5.96. The van der Waals surface area contributed by atoms with Crippen LogP contribution in [-0.2, 0) is 9.47 Å². The quantitative estimate of drug-likeness (QED) is 0.576. The molecule has 1 aliphatic carbocycles. The summed E-state index contributed by atoms with van der Waals surface area (Å²) in [6, 6.07) is 2.83. The Hall–Kier alpha value is -2.59. The van der Waals surface area contributed by atoms with E-state index in [0.29, 0.717) is 18.0 Å². The van der Waals surface area contributed by atoms with Crippen LogP contribution >= 0.6 is 0 Å². The second-order valence-electron chi connectivity index (χ2n) is 11.2. The van der Waals surface area contributed by atoms with E-state index in [-0.39, 0.29) is 17.6 Å². The van der Waals surface area contributed by atoms with E-state index < -0.39 is 0 Å². The molecule has 1 spiro atoms. The molecule has 1 unspecified atom stereocenters. The molecule has 0 aromatic carbocycles. The van der Waals surface area contributed by atoms with Gasteiger partial charge in [0, 0.05) is 62.0 Å². The molecular formula is C25H37N7O3. The van der Waals surface area contributed by atoms with Gasteiger partial charge in [-0.1, -0.05) is 13.8 Å². The summed E-state index contributed by atoms with van der Waals surface area (Å²) in [5, 5.41) is 15.3. The zero-order valence-electron chi connectivity index (χ0n) is 20.8. The minimum absolute atomic E-state index is 0.0256. The number of fused-ring (bicyclic) bond motifs is 1. The number of hydrogen-bond acceptors (Lipinski definition) is 8. The first-order chi connectivity index (χ1) is 17.0. The van der Waals surface area contributed by atoms with Crippen molar-refractivity contribution in [2.24, 2.45) is 5.41 Å². The Morgan fingerprint density at radius 3 is 2.71 bits per heavy atom. The van der Waals surface area contributed by atoms with Gasteiger partial charge in [-0.3, -0.25) is 0 Å². The number of likely N-dealkylation sites (tertiary alicyclic amines) is 1. The molecule has 1 atom stereocenters.